The van der Waals surface area contributed by atoms with Crippen molar-refractivity contribution >= 4 is 26.8 Å². The SMILES string of the molecule is O=c1ccc2c(F)cc(Br)c(F)c2[nH]1. The van der Waals surface area contributed by atoms with E-state index in [4.69, 9.17) is 0 Å². The number of rotatable bonds is 0. The van der Waals surface area contributed by atoms with Crippen LogP contribution < -0.4 is 5.56 Å². The number of nitrogens with one attached hydrogen (secondary N) is 1. The van der Waals surface area contributed by atoms with Crippen molar-refractivity contribution in [3.8, 4) is 0 Å². The number of pyridine rings is 1. The zero-order chi connectivity index (χ0) is 10.3. The first-order valence-corrected chi connectivity index (χ1v) is 4.55. The Labute approximate surface area is 85.7 Å². The molecule has 1 aromatic carbocycles. The van der Waals surface area contributed by atoms with Crippen molar-refractivity contribution in [1.29, 1.82) is 0 Å². The number of H-pyrrole nitrogens is 1. The molecule has 1 heterocycles. The van der Waals surface area contributed by atoms with Gasteiger partial charge in [0.05, 0.1) is 9.99 Å². The molecule has 2 nitrogen and oxygen atoms in total. The lowest BCUT2D eigenvalue weighted by molar-refractivity contribution is 0.609. The van der Waals surface area contributed by atoms with Crippen molar-refractivity contribution in [1.82, 2.24) is 4.98 Å². The van der Waals surface area contributed by atoms with Crippen LogP contribution in [0, 0.1) is 11.6 Å². The molecule has 1 aromatic heterocycles. The van der Waals surface area contributed by atoms with Gasteiger partial charge in [0.2, 0.25) is 5.56 Å². The Hall–Kier alpha value is -1.23. The number of hydrogen-bond acceptors (Lipinski definition) is 1. The smallest absolute Gasteiger partial charge is 0.248 e. The lowest BCUT2D eigenvalue weighted by atomic mass is 10.2. The first-order valence-electron chi connectivity index (χ1n) is 3.76. The van der Waals surface area contributed by atoms with Gasteiger partial charge in [0.25, 0.3) is 0 Å². The maximum atomic E-state index is 13.4. The second kappa shape index (κ2) is 3.16. The summed E-state index contributed by atoms with van der Waals surface area (Å²) >= 11 is 2.85. The Morgan fingerprint density at radius 2 is 2.00 bits per heavy atom. The van der Waals surface area contributed by atoms with Gasteiger partial charge in [-0.3, -0.25) is 4.79 Å². The van der Waals surface area contributed by atoms with E-state index in [1.165, 1.54) is 6.07 Å². The predicted molar refractivity (Wildman–Crippen MR) is 52.2 cm³/mol. The van der Waals surface area contributed by atoms with E-state index >= 15 is 0 Å². The van der Waals surface area contributed by atoms with Crippen molar-refractivity contribution in [2.75, 3.05) is 0 Å². The van der Waals surface area contributed by atoms with Crippen LogP contribution in [0.3, 0.4) is 0 Å². The molecular formula is C9H4BrF2NO. The molecule has 0 fully saturated rings. The van der Waals surface area contributed by atoms with Gasteiger partial charge in [-0.15, -0.1) is 0 Å². The molecule has 0 aliphatic heterocycles. The van der Waals surface area contributed by atoms with Crippen molar-refractivity contribution in [2.45, 2.75) is 0 Å². The predicted octanol–water partition coefficient (Wildman–Crippen LogP) is 2.57. The maximum absolute atomic E-state index is 13.4. The highest BCUT2D eigenvalue weighted by Crippen LogP contribution is 2.24. The maximum Gasteiger partial charge on any atom is 0.248 e. The fraction of sp³-hybridized carbons (Fsp3) is 0. The summed E-state index contributed by atoms with van der Waals surface area (Å²) in [6.07, 6.45) is 0. The number of aromatic amines is 1. The molecule has 0 aliphatic rings. The van der Waals surface area contributed by atoms with E-state index in [1.54, 1.807) is 0 Å². The molecule has 0 amide bonds. The van der Waals surface area contributed by atoms with E-state index in [2.05, 4.69) is 20.9 Å². The van der Waals surface area contributed by atoms with Gasteiger partial charge in [0, 0.05) is 11.5 Å². The largest absolute Gasteiger partial charge is 0.319 e. The third kappa shape index (κ3) is 1.33. The second-order valence-electron chi connectivity index (χ2n) is 2.77. The number of halogens is 3. The molecule has 0 bridgehead atoms. The Morgan fingerprint density at radius 3 is 2.71 bits per heavy atom. The second-order valence-corrected chi connectivity index (χ2v) is 3.62. The van der Waals surface area contributed by atoms with Gasteiger partial charge in [0.15, 0.2) is 5.82 Å². The molecule has 0 radical (unpaired) electrons. The molecule has 2 aromatic rings. The minimum atomic E-state index is -0.667. The third-order valence-corrected chi connectivity index (χ3v) is 2.44. The van der Waals surface area contributed by atoms with E-state index in [-0.39, 0.29) is 15.4 Å². The van der Waals surface area contributed by atoms with Gasteiger partial charge >= 0.3 is 0 Å². The Morgan fingerprint density at radius 1 is 1.29 bits per heavy atom. The van der Waals surface area contributed by atoms with Crippen molar-refractivity contribution in [2.24, 2.45) is 0 Å². The highest BCUT2D eigenvalue weighted by molar-refractivity contribution is 9.10. The highest BCUT2D eigenvalue weighted by Gasteiger charge is 2.10. The van der Waals surface area contributed by atoms with Crippen LogP contribution in [0.1, 0.15) is 0 Å². The summed E-state index contributed by atoms with van der Waals surface area (Å²) in [4.78, 5) is 13.1. The van der Waals surface area contributed by atoms with Crippen LogP contribution >= 0.6 is 15.9 Å². The van der Waals surface area contributed by atoms with E-state index < -0.39 is 17.2 Å². The van der Waals surface area contributed by atoms with Crippen LogP contribution in [-0.2, 0) is 0 Å². The van der Waals surface area contributed by atoms with Crippen LogP contribution in [0.4, 0.5) is 8.78 Å². The van der Waals surface area contributed by atoms with Crippen molar-refractivity contribution < 1.29 is 8.78 Å². The Bertz CT molecular complexity index is 564. The van der Waals surface area contributed by atoms with Crippen LogP contribution in [0.25, 0.3) is 10.9 Å². The fourth-order valence-electron chi connectivity index (χ4n) is 1.22. The molecule has 0 saturated heterocycles. The summed E-state index contributed by atoms with van der Waals surface area (Å²) in [6.45, 7) is 0. The van der Waals surface area contributed by atoms with Crippen LogP contribution in [-0.4, -0.2) is 4.98 Å². The monoisotopic (exact) mass is 259 g/mol. The number of fused-ring (bicyclic) bond motifs is 1. The first kappa shape index (κ1) is 9.33. The van der Waals surface area contributed by atoms with Crippen LogP contribution in [0.5, 0.6) is 0 Å². The molecule has 0 saturated carbocycles. The molecule has 1 N–H and O–H groups in total. The summed E-state index contributed by atoms with van der Waals surface area (Å²) in [7, 11) is 0. The molecular weight excluding hydrogens is 256 g/mol. The molecule has 72 valence electrons. The van der Waals surface area contributed by atoms with Gasteiger partial charge < -0.3 is 4.98 Å². The minimum Gasteiger partial charge on any atom is -0.319 e. The highest BCUT2D eigenvalue weighted by atomic mass is 79.9. The summed E-state index contributed by atoms with van der Waals surface area (Å²) in [6, 6.07) is 3.42. The zero-order valence-electron chi connectivity index (χ0n) is 6.77. The van der Waals surface area contributed by atoms with Crippen molar-refractivity contribution in [3.63, 3.8) is 0 Å². The molecule has 0 unspecified atom stereocenters. The molecule has 5 heteroatoms. The topological polar surface area (TPSA) is 32.9 Å². The molecule has 0 aliphatic carbocycles. The van der Waals surface area contributed by atoms with E-state index in [9.17, 15) is 13.6 Å². The third-order valence-electron chi connectivity index (χ3n) is 1.86. The van der Waals surface area contributed by atoms with Crippen molar-refractivity contribution in [3.05, 3.63) is 44.7 Å². The summed E-state index contributed by atoms with van der Waals surface area (Å²) in [5.74, 6) is -1.25. The summed E-state index contributed by atoms with van der Waals surface area (Å²) < 4.78 is 26.6. The lowest BCUT2D eigenvalue weighted by Crippen LogP contribution is -2.04. The normalized spacial score (nSPS) is 10.8. The Balaban J connectivity index is 3.02. The van der Waals surface area contributed by atoms with Gasteiger partial charge in [-0.1, -0.05) is 0 Å². The average Bonchev–Trinajstić information content (AvgIpc) is 2.14. The van der Waals surface area contributed by atoms with Gasteiger partial charge in [-0.05, 0) is 28.1 Å². The first-order chi connectivity index (χ1) is 6.59. The number of aromatic nitrogens is 1. The molecule has 2 rings (SSSR count). The summed E-state index contributed by atoms with van der Waals surface area (Å²) in [5, 5.41) is 0.0605. The Kier molecular flexibility index (Phi) is 2.11. The standard InChI is InChI=1S/C9H4BrF2NO/c10-5-3-6(11)4-1-2-7(14)13-9(4)8(5)12/h1-3H,(H,13,14). The van der Waals surface area contributed by atoms with E-state index in [1.807, 2.05) is 0 Å². The average molecular weight is 260 g/mol. The van der Waals surface area contributed by atoms with E-state index in [0.717, 1.165) is 12.1 Å². The molecule has 0 atom stereocenters. The number of benzene rings is 1. The van der Waals surface area contributed by atoms with Crippen LogP contribution in [0.15, 0.2) is 27.5 Å². The lowest BCUT2D eigenvalue weighted by Gasteiger charge is -2.02. The van der Waals surface area contributed by atoms with Gasteiger partial charge in [-0.2, -0.15) is 0 Å². The van der Waals surface area contributed by atoms with Crippen LogP contribution in [0.2, 0.25) is 0 Å². The minimum absolute atomic E-state index is 0.00986. The quantitative estimate of drug-likeness (QED) is 0.725. The zero-order valence-corrected chi connectivity index (χ0v) is 8.36. The molecule has 0 spiro atoms. The molecule has 14 heavy (non-hydrogen) atoms. The number of hydrogen-bond donors (Lipinski definition) is 1. The van der Waals surface area contributed by atoms with Gasteiger partial charge in [-0.25, -0.2) is 8.78 Å². The van der Waals surface area contributed by atoms with Gasteiger partial charge in [0.1, 0.15) is 5.82 Å². The fourth-order valence-corrected chi connectivity index (χ4v) is 1.62. The summed E-state index contributed by atoms with van der Waals surface area (Å²) in [5.41, 5.74) is -0.585. The van der Waals surface area contributed by atoms with E-state index in [0.29, 0.717) is 0 Å².